The van der Waals surface area contributed by atoms with Crippen molar-refractivity contribution in [1.82, 2.24) is 4.98 Å². The van der Waals surface area contributed by atoms with E-state index >= 15 is 0 Å². The molecule has 100 valence electrons. The number of rotatable bonds is 3. The topological polar surface area (TPSA) is 73.1 Å². The number of halogens is 2. The summed E-state index contributed by atoms with van der Waals surface area (Å²) in [7, 11) is -3.48. The second kappa shape index (κ2) is 5.60. The van der Waals surface area contributed by atoms with Crippen LogP contribution in [-0.2, 0) is 15.6 Å². The molecule has 0 radical (unpaired) electrons. The minimum absolute atomic E-state index is 0.134. The third-order valence-electron chi connectivity index (χ3n) is 2.43. The second-order valence-corrected chi connectivity index (χ2v) is 7.74. The van der Waals surface area contributed by atoms with Crippen LogP contribution < -0.4 is 5.73 Å². The van der Waals surface area contributed by atoms with Gasteiger partial charge < -0.3 is 5.73 Å². The van der Waals surface area contributed by atoms with Crippen LogP contribution in [-0.4, -0.2) is 13.4 Å². The Morgan fingerprint density at radius 3 is 2.47 bits per heavy atom. The molecule has 1 heterocycles. The van der Waals surface area contributed by atoms with E-state index in [2.05, 4.69) is 36.8 Å². The fourth-order valence-electron chi connectivity index (χ4n) is 1.63. The van der Waals surface area contributed by atoms with E-state index in [1.807, 2.05) is 0 Å². The number of nitrogens with two attached hydrogens (primary N) is 1. The Kier molecular flexibility index (Phi) is 4.27. The molecule has 0 saturated heterocycles. The molecule has 0 aliphatic rings. The first-order chi connectivity index (χ1) is 8.88. The Hall–Kier alpha value is -0.920. The maximum atomic E-state index is 12.3. The Labute approximate surface area is 128 Å². The van der Waals surface area contributed by atoms with Gasteiger partial charge in [-0.05, 0) is 45.8 Å². The van der Waals surface area contributed by atoms with E-state index in [1.165, 1.54) is 12.3 Å². The van der Waals surface area contributed by atoms with Gasteiger partial charge in [-0.3, -0.25) is 4.98 Å². The molecule has 0 aliphatic heterocycles. The van der Waals surface area contributed by atoms with Gasteiger partial charge in [0.15, 0.2) is 9.84 Å². The zero-order valence-corrected chi connectivity index (χ0v) is 13.7. The fraction of sp³-hybridized carbons (Fsp3) is 0.0833. The van der Waals surface area contributed by atoms with Crippen LogP contribution in [0, 0.1) is 0 Å². The van der Waals surface area contributed by atoms with Crippen molar-refractivity contribution in [2.75, 3.05) is 5.73 Å². The molecule has 0 spiro atoms. The highest BCUT2D eigenvalue weighted by atomic mass is 79.9. The highest BCUT2D eigenvalue weighted by Crippen LogP contribution is 2.26. The van der Waals surface area contributed by atoms with E-state index in [9.17, 15) is 8.42 Å². The summed E-state index contributed by atoms with van der Waals surface area (Å²) in [5.41, 5.74) is 6.60. The van der Waals surface area contributed by atoms with Crippen LogP contribution in [0.3, 0.4) is 0 Å². The number of sulfone groups is 1. The molecule has 7 heteroatoms. The summed E-state index contributed by atoms with van der Waals surface area (Å²) < 4.78 is 26.1. The molecule has 2 N–H and O–H groups in total. The van der Waals surface area contributed by atoms with E-state index in [0.29, 0.717) is 5.56 Å². The molecule has 0 unspecified atom stereocenters. The summed E-state index contributed by atoms with van der Waals surface area (Å²) in [4.78, 5) is 4.08. The number of nitrogens with zero attached hydrogens (tertiary/aromatic N) is 1. The average Bonchev–Trinajstić information content (AvgIpc) is 2.27. The lowest BCUT2D eigenvalue weighted by Gasteiger charge is -2.08. The first kappa shape index (κ1) is 14.5. The van der Waals surface area contributed by atoms with Crippen molar-refractivity contribution in [3.05, 3.63) is 51.2 Å². The second-order valence-electron chi connectivity index (χ2n) is 3.95. The molecule has 0 amide bonds. The van der Waals surface area contributed by atoms with Crippen LogP contribution in [0.5, 0.6) is 0 Å². The van der Waals surface area contributed by atoms with Crippen LogP contribution in [0.25, 0.3) is 0 Å². The highest BCUT2D eigenvalue weighted by Gasteiger charge is 2.18. The Balaban J connectivity index is 2.38. The minimum Gasteiger partial charge on any atom is -0.398 e. The SMILES string of the molecule is Nc1cc(Br)ccc1S(=O)(=O)Cc1cncc(Br)c1. The van der Waals surface area contributed by atoms with Crippen LogP contribution in [0.4, 0.5) is 5.69 Å². The van der Waals surface area contributed by atoms with E-state index in [-0.39, 0.29) is 16.3 Å². The normalized spacial score (nSPS) is 11.5. The van der Waals surface area contributed by atoms with Crippen molar-refractivity contribution < 1.29 is 8.42 Å². The van der Waals surface area contributed by atoms with Gasteiger partial charge in [-0.1, -0.05) is 15.9 Å². The molecule has 4 nitrogen and oxygen atoms in total. The number of aromatic nitrogens is 1. The molecular formula is C12H10Br2N2O2S. The molecule has 0 fully saturated rings. The van der Waals surface area contributed by atoms with E-state index in [0.717, 1.165) is 8.95 Å². The highest BCUT2D eigenvalue weighted by molar-refractivity contribution is 9.10. The van der Waals surface area contributed by atoms with Gasteiger partial charge >= 0.3 is 0 Å². The molecular weight excluding hydrogens is 396 g/mol. The van der Waals surface area contributed by atoms with Crippen molar-refractivity contribution in [2.45, 2.75) is 10.6 Å². The van der Waals surface area contributed by atoms with Gasteiger partial charge in [0.2, 0.25) is 0 Å². The van der Waals surface area contributed by atoms with Crippen LogP contribution in [0.1, 0.15) is 5.56 Å². The number of benzene rings is 1. The standard InChI is InChI=1S/C12H10Br2N2O2S/c13-9-1-2-12(11(15)4-9)19(17,18)7-8-3-10(14)6-16-5-8/h1-6H,7,15H2. The van der Waals surface area contributed by atoms with Crippen LogP contribution in [0.2, 0.25) is 0 Å². The molecule has 0 atom stereocenters. The number of hydrogen-bond acceptors (Lipinski definition) is 4. The molecule has 0 saturated carbocycles. The molecule has 19 heavy (non-hydrogen) atoms. The number of hydrogen-bond donors (Lipinski definition) is 1. The number of pyridine rings is 1. The fourth-order valence-corrected chi connectivity index (χ4v) is 3.87. The number of nitrogen functional groups attached to an aromatic ring is 1. The third-order valence-corrected chi connectivity index (χ3v) is 5.11. The van der Waals surface area contributed by atoms with Gasteiger partial charge in [0.25, 0.3) is 0 Å². The van der Waals surface area contributed by atoms with E-state index < -0.39 is 9.84 Å². The lowest BCUT2D eigenvalue weighted by Crippen LogP contribution is -2.08. The third kappa shape index (κ3) is 3.55. The maximum Gasteiger partial charge on any atom is 0.184 e. The molecule has 2 aromatic rings. The van der Waals surface area contributed by atoms with Crippen molar-refractivity contribution >= 4 is 47.4 Å². The summed E-state index contributed by atoms with van der Waals surface area (Å²) in [6.07, 6.45) is 3.13. The zero-order valence-electron chi connectivity index (χ0n) is 9.68. The Morgan fingerprint density at radius 1 is 1.11 bits per heavy atom. The average molecular weight is 406 g/mol. The predicted molar refractivity (Wildman–Crippen MR) is 81.4 cm³/mol. The van der Waals surface area contributed by atoms with Crippen molar-refractivity contribution in [2.24, 2.45) is 0 Å². The van der Waals surface area contributed by atoms with Gasteiger partial charge in [0.1, 0.15) is 0 Å². The quantitative estimate of drug-likeness (QED) is 0.796. The summed E-state index contributed by atoms with van der Waals surface area (Å²) >= 11 is 6.51. The lowest BCUT2D eigenvalue weighted by molar-refractivity contribution is 0.595. The van der Waals surface area contributed by atoms with Gasteiger partial charge in [-0.15, -0.1) is 0 Å². The van der Waals surface area contributed by atoms with Gasteiger partial charge in [0.05, 0.1) is 16.3 Å². The first-order valence-electron chi connectivity index (χ1n) is 5.26. The van der Waals surface area contributed by atoms with Crippen LogP contribution >= 0.6 is 31.9 Å². The minimum atomic E-state index is -3.48. The van der Waals surface area contributed by atoms with Crippen molar-refractivity contribution in [1.29, 1.82) is 0 Å². The Bertz CT molecular complexity index is 717. The van der Waals surface area contributed by atoms with Crippen LogP contribution in [0.15, 0.2) is 50.5 Å². The molecule has 0 aliphatic carbocycles. The largest absolute Gasteiger partial charge is 0.398 e. The van der Waals surface area contributed by atoms with Gasteiger partial charge in [-0.25, -0.2) is 8.42 Å². The Morgan fingerprint density at radius 2 is 1.84 bits per heavy atom. The lowest BCUT2D eigenvalue weighted by atomic mass is 10.3. The van der Waals surface area contributed by atoms with E-state index in [1.54, 1.807) is 24.4 Å². The summed E-state index contributed by atoms with van der Waals surface area (Å²) in [6, 6.07) is 6.45. The molecule has 1 aromatic heterocycles. The monoisotopic (exact) mass is 404 g/mol. The zero-order chi connectivity index (χ0) is 14.0. The van der Waals surface area contributed by atoms with E-state index in [4.69, 9.17) is 5.73 Å². The van der Waals surface area contributed by atoms with Gasteiger partial charge in [-0.2, -0.15) is 0 Å². The predicted octanol–water partition coefficient (Wildman–Crippen LogP) is 3.16. The van der Waals surface area contributed by atoms with Crippen molar-refractivity contribution in [3.8, 4) is 0 Å². The van der Waals surface area contributed by atoms with Gasteiger partial charge in [0, 0.05) is 21.3 Å². The summed E-state index contributed by atoms with van der Waals surface area (Å²) in [5.74, 6) is -0.134. The van der Waals surface area contributed by atoms with Crippen molar-refractivity contribution in [3.63, 3.8) is 0 Å². The summed E-state index contributed by atoms with van der Waals surface area (Å²) in [5, 5.41) is 0. The molecule has 1 aromatic carbocycles. The number of anilines is 1. The molecule has 2 rings (SSSR count). The smallest absolute Gasteiger partial charge is 0.184 e. The first-order valence-corrected chi connectivity index (χ1v) is 8.49. The summed E-state index contributed by atoms with van der Waals surface area (Å²) in [6.45, 7) is 0. The maximum absolute atomic E-state index is 12.3. The molecule has 0 bridgehead atoms.